The molecule has 0 fully saturated rings. The van der Waals surface area contributed by atoms with Crippen LogP contribution in [0.2, 0.25) is 0 Å². The maximum absolute atomic E-state index is 13.1. The van der Waals surface area contributed by atoms with Crippen molar-refractivity contribution in [3.63, 3.8) is 0 Å². The molecule has 0 atom stereocenters. The van der Waals surface area contributed by atoms with Gasteiger partial charge in [0.15, 0.2) is 5.76 Å². The van der Waals surface area contributed by atoms with Crippen molar-refractivity contribution in [1.82, 2.24) is 0 Å². The molecule has 0 N–H and O–H groups in total. The highest BCUT2D eigenvalue weighted by Gasteiger charge is 2.17. The Labute approximate surface area is 165 Å². The third-order valence-electron chi connectivity index (χ3n) is 4.37. The van der Waals surface area contributed by atoms with Gasteiger partial charge >= 0.3 is 0 Å². The molecule has 0 unspecified atom stereocenters. The summed E-state index contributed by atoms with van der Waals surface area (Å²) in [5.74, 6) is 0.691. The van der Waals surface area contributed by atoms with Gasteiger partial charge in [0.2, 0.25) is 11.2 Å². The maximum atomic E-state index is 13.1. The third kappa shape index (κ3) is 3.67. The van der Waals surface area contributed by atoms with Crippen molar-refractivity contribution in [2.45, 2.75) is 13.5 Å². The topological polar surface area (TPSA) is 39.4 Å². The quantitative estimate of drug-likeness (QED) is 0.399. The minimum Gasteiger partial charge on any atom is -0.481 e. The van der Waals surface area contributed by atoms with Gasteiger partial charge in [-0.25, -0.2) is 0 Å². The Balaban J connectivity index is 1.82. The molecule has 1 aromatic heterocycles. The van der Waals surface area contributed by atoms with Gasteiger partial charge in [-0.3, -0.25) is 4.79 Å². The zero-order valence-corrected chi connectivity index (χ0v) is 16.3. The van der Waals surface area contributed by atoms with Crippen molar-refractivity contribution in [2.24, 2.45) is 0 Å². The number of hydrogen-bond donors (Lipinski definition) is 0. The Morgan fingerprint density at radius 2 is 1.63 bits per heavy atom. The molecule has 0 saturated carbocycles. The molecule has 4 rings (SSSR count). The van der Waals surface area contributed by atoms with E-state index >= 15 is 0 Å². The highest BCUT2D eigenvalue weighted by Crippen LogP contribution is 2.31. The van der Waals surface area contributed by atoms with Gasteiger partial charge in [-0.15, -0.1) is 0 Å². The normalized spacial score (nSPS) is 10.9. The molecular weight excluding hydrogens is 404 g/mol. The largest absolute Gasteiger partial charge is 0.481 e. The molecule has 1 heterocycles. The number of ether oxygens (including phenoxy) is 1. The fourth-order valence-corrected chi connectivity index (χ4v) is 3.15. The molecule has 0 aliphatic heterocycles. The first-order valence-electron chi connectivity index (χ1n) is 8.62. The molecule has 0 spiro atoms. The van der Waals surface area contributed by atoms with E-state index in [4.69, 9.17) is 9.15 Å². The number of rotatable bonds is 4. The van der Waals surface area contributed by atoms with Gasteiger partial charge in [-0.2, -0.15) is 0 Å². The standard InChI is InChI=1S/C23H17BrO3/c1-15-6-10-17(11-7-15)22-23(26-14-16-8-12-18(24)13-9-16)21(25)19-4-2-3-5-20(19)27-22/h2-13H,14H2,1H3. The second-order valence-corrected chi connectivity index (χ2v) is 7.28. The van der Waals surface area contributed by atoms with E-state index in [1.807, 2.05) is 67.6 Å². The number of halogens is 1. The summed E-state index contributed by atoms with van der Waals surface area (Å²) in [6.07, 6.45) is 0. The Bertz CT molecular complexity index is 1140. The van der Waals surface area contributed by atoms with Gasteiger partial charge < -0.3 is 9.15 Å². The third-order valence-corrected chi connectivity index (χ3v) is 4.90. The fourth-order valence-electron chi connectivity index (χ4n) is 2.89. The summed E-state index contributed by atoms with van der Waals surface area (Å²) in [6.45, 7) is 2.31. The second-order valence-electron chi connectivity index (χ2n) is 6.37. The zero-order chi connectivity index (χ0) is 18.8. The summed E-state index contributed by atoms with van der Waals surface area (Å²) in [7, 11) is 0. The molecule has 0 aliphatic carbocycles. The highest BCUT2D eigenvalue weighted by atomic mass is 79.9. The van der Waals surface area contributed by atoms with Crippen LogP contribution < -0.4 is 10.2 Å². The molecule has 0 radical (unpaired) electrons. The van der Waals surface area contributed by atoms with Crippen molar-refractivity contribution in [1.29, 1.82) is 0 Å². The molecule has 0 saturated heterocycles. The fraction of sp³-hybridized carbons (Fsp3) is 0.0870. The van der Waals surface area contributed by atoms with Crippen molar-refractivity contribution in [3.8, 4) is 17.1 Å². The van der Waals surface area contributed by atoms with Crippen LogP contribution in [0.1, 0.15) is 11.1 Å². The summed E-state index contributed by atoms with van der Waals surface area (Å²) >= 11 is 3.42. The van der Waals surface area contributed by atoms with Crippen LogP contribution in [0.15, 0.2) is 86.5 Å². The van der Waals surface area contributed by atoms with Gasteiger partial charge in [-0.1, -0.05) is 70.0 Å². The van der Waals surface area contributed by atoms with E-state index in [9.17, 15) is 4.79 Å². The Kier molecular flexibility index (Phi) is 4.82. The SMILES string of the molecule is Cc1ccc(-c2oc3ccccc3c(=O)c2OCc2ccc(Br)cc2)cc1. The van der Waals surface area contributed by atoms with E-state index in [0.717, 1.165) is 21.2 Å². The lowest BCUT2D eigenvalue weighted by Crippen LogP contribution is -2.10. The lowest BCUT2D eigenvalue weighted by Gasteiger charge is -2.12. The summed E-state index contributed by atoms with van der Waals surface area (Å²) in [6, 6.07) is 22.9. The summed E-state index contributed by atoms with van der Waals surface area (Å²) < 4.78 is 13.0. The van der Waals surface area contributed by atoms with E-state index in [-0.39, 0.29) is 17.8 Å². The minimum atomic E-state index is -0.162. The number of fused-ring (bicyclic) bond motifs is 1. The zero-order valence-electron chi connectivity index (χ0n) is 14.7. The van der Waals surface area contributed by atoms with Gasteiger partial charge in [0.25, 0.3) is 0 Å². The average molecular weight is 421 g/mol. The number of benzene rings is 3. The molecule has 27 heavy (non-hydrogen) atoms. The van der Waals surface area contributed by atoms with E-state index in [0.29, 0.717) is 16.7 Å². The van der Waals surface area contributed by atoms with E-state index in [1.165, 1.54) is 0 Å². The van der Waals surface area contributed by atoms with Gasteiger partial charge in [0.05, 0.1) is 5.39 Å². The number of aryl methyl sites for hydroxylation is 1. The van der Waals surface area contributed by atoms with Gasteiger partial charge in [0, 0.05) is 10.0 Å². The maximum Gasteiger partial charge on any atom is 0.235 e. The first-order valence-corrected chi connectivity index (χ1v) is 9.41. The van der Waals surface area contributed by atoms with Gasteiger partial charge in [-0.05, 0) is 36.8 Å². The van der Waals surface area contributed by atoms with Crippen LogP contribution in [0.3, 0.4) is 0 Å². The van der Waals surface area contributed by atoms with Crippen LogP contribution in [0.25, 0.3) is 22.3 Å². The van der Waals surface area contributed by atoms with Gasteiger partial charge in [0.1, 0.15) is 12.2 Å². The van der Waals surface area contributed by atoms with Crippen molar-refractivity contribution in [3.05, 3.63) is 98.6 Å². The first kappa shape index (κ1) is 17.6. The Morgan fingerprint density at radius 3 is 2.37 bits per heavy atom. The van der Waals surface area contributed by atoms with Crippen LogP contribution in [-0.2, 0) is 6.61 Å². The minimum absolute atomic E-state index is 0.162. The summed E-state index contributed by atoms with van der Waals surface area (Å²) in [5.41, 5.74) is 3.31. The lowest BCUT2D eigenvalue weighted by molar-refractivity contribution is 0.298. The van der Waals surface area contributed by atoms with Crippen molar-refractivity contribution >= 4 is 26.9 Å². The monoisotopic (exact) mass is 420 g/mol. The predicted molar refractivity (Wildman–Crippen MR) is 111 cm³/mol. The van der Waals surface area contributed by atoms with Crippen LogP contribution in [-0.4, -0.2) is 0 Å². The average Bonchev–Trinajstić information content (AvgIpc) is 2.69. The molecule has 4 aromatic rings. The van der Waals surface area contributed by atoms with E-state index in [2.05, 4.69) is 15.9 Å². The van der Waals surface area contributed by atoms with Crippen molar-refractivity contribution in [2.75, 3.05) is 0 Å². The Morgan fingerprint density at radius 1 is 0.926 bits per heavy atom. The van der Waals surface area contributed by atoms with Crippen molar-refractivity contribution < 1.29 is 9.15 Å². The summed E-state index contributed by atoms with van der Waals surface area (Å²) in [5, 5.41) is 0.513. The summed E-state index contributed by atoms with van der Waals surface area (Å²) in [4.78, 5) is 13.1. The predicted octanol–water partition coefficient (Wildman–Crippen LogP) is 6.11. The molecule has 3 nitrogen and oxygen atoms in total. The first-order chi connectivity index (χ1) is 13.1. The van der Waals surface area contributed by atoms with E-state index in [1.54, 1.807) is 12.1 Å². The molecule has 0 aliphatic rings. The van der Waals surface area contributed by atoms with Crippen LogP contribution in [0.5, 0.6) is 5.75 Å². The Hall–Kier alpha value is -2.85. The number of hydrogen-bond acceptors (Lipinski definition) is 3. The van der Waals surface area contributed by atoms with Crippen LogP contribution in [0, 0.1) is 6.92 Å². The molecule has 0 amide bonds. The molecule has 3 aromatic carbocycles. The lowest BCUT2D eigenvalue weighted by atomic mass is 10.1. The molecule has 134 valence electrons. The van der Waals surface area contributed by atoms with Crippen LogP contribution >= 0.6 is 15.9 Å². The van der Waals surface area contributed by atoms with Crippen LogP contribution in [0.4, 0.5) is 0 Å². The molecular formula is C23H17BrO3. The van der Waals surface area contributed by atoms with E-state index < -0.39 is 0 Å². The number of para-hydroxylation sites is 1. The smallest absolute Gasteiger partial charge is 0.235 e. The molecule has 4 heteroatoms. The highest BCUT2D eigenvalue weighted by molar-refractivity contribution is 9.10. The second kappa shape index (κ2) is 7.41. The molecule has 0 bridgehead atoms.